The van der Waals surface area contributed by atoms with Crippen LogP contribution in [-0.4, -0.2) is 7.85 Å². The van der Waals surface area contributed by atoms with E-state index in [-0.39, 0.29) is 0 Å². The maximum Gasteiger partial charge on any atom is 0.128 e. The molecular formula is C9H6BBrS2. The number of hydrogen-bond acceptors (Lipinski definition) is 2. The van der Waals surface area contributed by atoms with Crippen LogP contribution in [0.15, 0.2) is 22.7 Å². The lowest BCUT2D eigenvalue weighted by Gasteiger charge is -1.91. The van der Waals surface area contributed by atoms with Crippen LogP contribution < -0.4 is 4.78 Å². The van der Waals surface area contributed by atoms with E-state index in [0.717, 1.165) is 9.25 Å². The van der Waals surface area contributed by atoms with Crippen molar-refractivity contribution in [1.82, 2.24) is 0 Å². The van der Waals surface area contributed by atoms with E-state index in [0.29, 0.717) is 0 Å². The number of hydrogen-bond donors (Lipinski definition) is 0. The molecule has 0 spiro atoms. The zero-order valence-corrected chi connectivity index (χ0v) is 10.2. The van der Waals surface area contributed by atoms with Gasteiger partial charge in [-0.25, -0.2) is 0 Å². The summed E-state index contributed by atoms with van der Waals surface area (Å²) in [6.45, 7) is 2.11. The third-order valence-corrected chi connectivity index (χ3v) is 4.70. The molecule has 2 aromatic rings. The summed E-state index contributed by atoms with van der Waals surface area (Å²) >= 11 is 6.92. The molecule has 0 fully saturated rings. The molecule has 2 aromatic heterocycles. The van der Waals surface area contributed by atoms with Crippen LogP contribution in [0.3, 0.4) is 0 Å². The van der Waals surface area contributed by atoms with Gasteiger partial charge in [0.15, 0.2) is 0 Å². The van der Waals surface area contributed by atoms with Gasteiger partial charge in [0.2, 0.25) is 0 Å². The minimum absolute atomic E-state index is 0.855. The fraction of sp³-hybridized carbons (Fsp3) is 0.111. The Bertz CT molecular complexity index is 431. The van der Waals surface area contributed by atoms with E-state index in [9.17, 15) is 0 Å². The molecule has 0 aliphatic heterocycles. The van der Waals surface area contributed by atoms with Crippen molar-refractivity contribution in [3.63, 3.8) is 0 Å². The Kier molecular flexibility index (Phi) is 2.63. The van der Waals surface area contributed by atoms with Crippen molar-refractivity contribution >= 4 is 51.2 Å². The van der Waals surface area contributed by atoms with E-state index < -0.39 is 0 Å². The van der Waals surface area contributed by atoms with Gasteiger partial charge in [-0.1, -0.05) is 0 Å². The number of aryl methyl sites for hydroxylation is 1. The summed E-state index contributed by atoms with van der Waals surface area (Å²) in [7, 11) is 5.72. The highest BCUT2D eigenvalue weighted by molar-refractivity contribution is 9.10. The average molecular weight is 269 g/mol. The van der Waals surface area contributed by atoms with Crippen LogP contribution in [0.4, 0.5) is 0 Å². The molecule has 0 nitrogen and oxygen atoms in total. The SMILES string of the molecule is [B]c1cc(Br)c(-c2ccc(C)s2)s1. The lowest BCUT2D eigenvalue weighted by molar-refractivity contribution is 1.64. The van der Waals surface area contributed by atoms with Crippen molar-refractivity contribution in [2.24, 2.45) is 0 Å². The van der Waals surface area contributed by atoms with Crippen molar-refractivity contribution in [3.05, 3.63) is 27.5 Å². The van der Waals surface area contributed by atoms with Gasteiger partial charge in [-0.3, -0.25) is 0 Å². The fourth-order valence-electron chi connectivity index (χ4n) is 1.11. The van der Waals surface area contributed by atoms with Gasteiger partial charge in [0.1, 0.15) is 7.85 Å². The largest absolute Gasteiger partial charge is 0.150 e. The van der Waals surface area contributed by atoms with E-state index in [1.54, 1.807) is 22.7 Å². The van der Waals surface area contributed by atoms with Gasteiger partial charge in [-0.05, 0) is 45.8 Å². The highest BCUT2D eigenvalue weighted by Crippen LogP contribution is 2.36. The first-order valence-corrected chi connectivity index (χ1v) is 6.21. The van der Waals surface area contributed by atoms with E-state index in [1.807, 2.05) is 6.07 Å². The van der Waals surface area contributed by atoms with Gasteiger partial charge >= 0.3 is 0 Å². The molecule has 0 amide bonds. The third-order valence-electron chi connectivity index (χ3n) is 1.67. The lowest BCUT2D eigenvalue weighted by Crippen LogP contribution is -1.88. The minimum Gasteiger partial charge on any atom is -0.150 e. The number of halogens is 1. The summed E-state index contributed by atoms with van der Waals surface area (Å²) < 4.78 is 1.95. The van der Waals surface area contributed by atoms with Crippen molar-refractivity contribution in [3.8, 4) is 9.75 Å². The summed E-state index contributed by atoms with van der Waals surface area (Å²) in [5.41, 5.74) is 0. The zero-order chi connectivity index (χ0) is 9.42. The molecule has 2 heterocycles. The molecule has 0 atom stereocenters. The van der Waals surface area contributed by atoms with Gasteiger partial charge in [-0.2, -0.15) is 0 Å². The van der Waals surface area contributed by atoms with E-state index in [2.05, 4.69) is 35.0 Å². The van der Waals surface area contributed by atoms with Crippen molar-refractivity contribution in [2.45, 2.75) is 6.92 Å². The van der Waals surface area contributed by atoms with Crippen LogP contribution in [0, 0.1) is 6.92 Å². The van der Waals surface area contributed by atoms with Crippen molar-refractivity contribution in [2.75, 3.05) is 0 Å². The summed E-state index contributed by atoms with van der Waals surface area (Å²) in [5.74, 6) is 0. The maximum atomic E-state index is 5.72. The van der Waals surface area contributed by atoms with Gasteiger partial charge in [-0.15, -0.1) is 22.7 Å². The molecule has 0 bridgehead atoms. The monoisotopic (exact) mass is 268 g/mol. The highest BCUT2D eigenvalue weighted by Gasteiger charge is 2.07. The lowest BCUT2D eigenvalue weighted by atomic mass is 10.1. The second-order valence-electron chi connectivity index (χ2n) is 2.74. The first-order valence-electron chi connectivity index (χ1n) is 3.78. The second-order valence-corrected chi connectivity index (χ2v) is 5.96. The third kappa shape index (κ3) is 1.90. The average Bonchev–Trinajstić information content (AvgIpc) is 2.58. The molecule has 2 radical (unpaired) electrons. The molecule has 64 valence electrons. The molecule has 0 saturated heterocycles. The van der Waals surface area contributed by atoms with Crippen LogP contribution in [0.2, 0.25) is 0 Å². The number of thiophene rings is 2. The Balaban J connectivity index is 2.51. The second kappa shape index (κ2) is 3.60. The van der Waals surface area contributed by atoms with Crippen LogP contribution in [-0.2, 0) is 0 Å². The topological polar surface area (TPSA) is 0 Å². The van der Waals surface area contributed by atoms with Gasteiger partial charge in [0.05, 0.1) is 4.88 Å². The van der Waals surface area contributed by atoms with Crippen molar-refractivity contribution < 1.29 is 0 Å². The first kappa shape index (κ1) is 9.50. The van der Waals surface area contributed by atoms with Gasteiger partial charge < -0.3 is 0 Å². The Labute approximate surface area is 95.2 Å². The molecule has 0 aromatic carbocycles. The van der Waals surface area contributed by atoms with Crippen LogP contribution >= 0.6 is 38.6 Å². The van der Waals surface area contributed by atoms with Crippen molar-refractivity contribution in [1.29, 1.82) is 0 Å². The summed E-state index contributed by atoms with van der Waals surface area (Å²) in [6.07, 6.45) is 0. The number of rotatable bonds is 1. The molecule has 0 saturated carbocycles. The molecule has 13 heavy (non-hydrogen) atoms. The molecule has 0 unspecified atom stereocenters. The standard InChI is InChI=1S/C9H6BBrS2/c1-5-2-3-7(12-5)9-6(11)4-8(10)13-9/h2-4H,1H3. The first-order chi connectivity index (χ1) is 6.16. The molecule has 0 N–H and O–H groups in total. The van der Waals surface area contributed by atoms with Crippen LogP contribution in [0.1, 0.15) is 4.88 Å². The fourth-order valence-corrected chi connectivity index (χ4v) is 3.91. The molecule has 0 aliphatic rings. The van der Waals surface area contributed by atoms with Crippen LogP contribution in [0.5, 0.6) is 0 Å². The Morgan fingerprint density at radius 3 is 2.54 bits per heavy atom. The Morgan fingerprint density at radius 2 is 2.08 bits per heavy atom. The molecular weight excluding hydrogens is 263 g/mol. The zero-order valence-electron chi connectivity index (χ0n) is 7.00. The summed E-state index contributed by atoms with van der Waals surface area (Å²) in [4.78, 5) is 3.84. The van der Waals surface area contributed by atoms with Crippen LogP contribution in [0.25, 0.3) is 9.75 Å². The highest BCUT2D eigenvalue weighted by atomic mass is 79.9. The van der Waals surface area contributed by atoms with E-state index in [4.69, 9.17) is 7.85 Å². The quantitative estimate of drug-likeness (QED) is 0.696. The Morgan fingerprint density at radius 1 is 1.31 bits per heavy atom. The smallest absolute Gasteiger partial charge is 0.128 e. The van der Waals surface area contributed by atoms with Gasteiger partial charge in [0, 0.05) is 14.2 Å². The van der Waals surface area contributed by atoms with Gasteiger partial charge in [0.25, 0.3) is 0 Å². The molecule has 4 heteroatoms. The predicted molar refractivity (Wildman–Crippen MR) is 65.5 cm³/mol. The molecule has 0 aliphatic carbocycles. The molecule has 2 rings (SSSR count). The van der Waals surface area contributed by atoms with E-state index >= 15 is 0 Å². The predicted octanol–water partition coefficient (Wildman–Crippen LogP) is 3.34. The minimum atomic E-state index is 0.855. The Hall–Kier alpha value is -0.0551. The van der Waals surface area contributed by atoms with E-state index in [1.165, 1.54) is 14.6 Å². The summed E-state index contributed by atoms with van der Waals surface area (Å²) in [6, 6.07) is 6.22. The maximum absolute atomic E-state index is 5.72. The normalized spacial score (nSPS) is 10.6. The summed E-state index contributed by atoms with van der Waals surface area (Å²) in [5, 5.41) is 0.